The number of aryl methyl sites for hydroxylation is 1. The van der Waals surface area contributed by atoms with E-state index in [2.05, 4.69) is 15.9 Å². The summed E-state index contributed by atoms with van der Waals surface area (Å²) in [4.78, 5) is 0. The van der Waals surface area contributed by atoms with Gasteiger partial charge in [-0.1, -0.05) is 91.0 Å². The second-order valence-corrected chi connectivity index (χ2v) is 8.03. The van der Waals surface area contributed by atoms with Gasteiger partial charge in [0.05, 0.1) is 15.9 Å². The topological polar surface area (TPSA) is 38.0 Å². The lowest BCUT2D eigenvalue weighted by Crippen LogP contribution is -2.39. The van der Waals surface area contributed by atoms with Crippen LogP contribution in [0.2, 0.25) is 0 Å². The highest BCUT2D eigenvalue weighted by Gasteiger charge is 2.43. The third-order valence-electron chi connectivity index (χ3n) is 5.42. The summed E-state index contributed by atoms with van der Waals surface area (Å²) < 4.78 is 2.90. The minimum absolute atomic E-state index is 0.446. The Morgan fingerprint density at radius 1 is 0.793 bits per heavy atom. The highest BCUT2D eigenvalue weighted by molar-refractivity contribution is 9.10. The fourth-order valence-electron chi connectivity index (χ4n) is 3.96. The zero-order chi connectivity index (χ0) is 20.4. The van der Waals surface area contributed by atoms with E-state index in [9.17, 15) is 5.11 Å². The van der Waals surface area contributed by atoms with Gasteiger partial charge < -0.3 is 5.11 Å². The molecule has 0 saturated heterocycles. The van der Waals surface area contributed by atoms with Crippen molar-refractivity contribution in [3.8, 4) is 0 Å². The largest absolute Gasteiger partial charge is 0.378 e. The summed E-state index contributed by atoms with van der Waals surface area (Å²) in [5.41, 5.74) is 3.19. The van der Waals surface area contributed by atoms with Gasteiger partial charge in [0.2, 0.25) is 0 Å². The molecule has 0 radical (unpaired) electrons. The smallest absolute Gasteiger partial charge is 0.141 e. The Bertz CT molecular complexity index is 1050. The third kappa shape index (κ3) is 3.43. The molecule has 29 heavy (non-hydrogen) atoms. The van der Waals surface area contributed by atoms with E-state index in [4.69, 9.17) is 5.10 Å². The molecule has 1 N–H and O–H groups in total. The average molecular weight is 447 g/mol. The zero-order valence-corrected chi connectivity index (χ0v) is 18.0. The Morgan fingerprint density at radius 3 is 1.66 bits per heavy atom. The van der Waals surface area contributed by atoms with Gasteiger partial charge in [-0.05, 0) is 46.5 Å². The van der Waals surface area contributed by atoms with Gasteiger partial charge in [-0.15, -0.1) is 0 Å². The van der Waals surface area contributed by atoms with Crippen LogP contribution in [0.4, 0.5) is 0 Å². The summed E-state index contributed by atoms with van der Waals surface area (Å²) in [7, 11) is 0. The van der Waals surface area contributed by atoms with Crippen molar-refractivity contribution in [2.75, 3.05) is 0 Å². The van der Waals surface area contributed by atoms with Gasteiger partial charge >= 0.3 is 0 Å². The molecular formula is C25H23BrN2O. The van der Waals surface area contributed by atoms with E-state index in [1.807, 2.05) is 110 Å². The van der Waals surface area contributed by atoms with Gasteiger partial charge in [-0.25, -0.2) is 0 Å². The van der Waals surface area contributed by atoms with Crippen molar-refractivity contribution in [3.05, 3.63) is 124 Å². The molecule has 0 aliphatic heterocycles. The summed E-state index contributed by atoms with van der Waals surface area (Å²) in [6.07, 6.45) is 0. The molecule has 0 spiro atoms. The van der Waals surface area contributed by atoms with Crippen molar-refractivity contribution in [3.63, 3.8) is 0 Å². The Hall–Kier alpha value is -2.69. The quantitative estimate of drug-likeness (QED) is 0.421. The Balaban J connectivity index is 2.06. The van der Waals surface area contributed by atoms with Crippen LogP contribution in [0.15, 0.2) is 95.5 Å². The molecule has 4 heteroatoms. The van der Waals surface area contributed by atoms with E-state index in [1.165, 1.54) is 0 Å². The second kappa shape index (κ2) is 7.97. The van der Waals surface area contributed by atoms with E-state index >= 15 is 0 Å². The molecule has 0 saturated carbocycles. The number of nitrogens with zero attached hydrogens (tertiary/aromatic N) is 2. The first-order chi connectivity index (χ1) is 14.0. The molecular weight excluding hydrogens is 424 g/mol. The lowest BCUT2D eigenvalue weighted by molar-refractivity contribution is 0.0327. The van der Waals surface area contributed by atoms with Gasteiger partial charge in [-0.2, -0.15) is 5.10 Å². The van der Waals surface area contributed by atoms with Crippen LogP contribution in [-0.4, -0.2) is 14.9 Å². The molecule has 0 aliphatic rings. The lowest BCUT2D eigenvalue weighted by atomic mass is 9.77. The van der Waals surface area contributed by atoms with Gasteiger partial charge in [0.1, 0.15) is 11.6 Å². The molecule has 0 aliphatic carbocycles. The highest BCUT2D eigenvalue weighted by atomic mass is 79.9. The van der Waals surface area contributed by atoms with E-state index in [0.717, 1.165) is 32.6 Å². The van der Waals surface area contributed by atoms with Crippen LogP contribution >= 0.6 is 15.9 Å². The van der Waals surface area contributed by atoms with Crippen LogP contribution in [0, 0.1) is 13.8 Å². The summed E-state index contributed by atoms with van der Waals surface area (Å²) in [6.45, 7) is 4.00. The molecule has 3 nitrogen and oxygen atoms in total. The number of aliphatic hydroxyl groups is 1. The van der Waals surface area contributed by atoms with Crippen LogP contribution < -0.4 is 0 Å². The van der Waals surface area contributed by atoms with Crippen molar-refractivity contribution in [1.82, 2.24) is 9.78 Å². The molecule has 3 aromatic carbocycles. The summed E-state index contributed by atoms with van der Waals surface area (Å²) in [6, 6.07) is 29.3. The van der Waals surface area contributed by atoms with Crippen molar-refractivity contribution in [2.45, 2.75) is 25.5 Å². The molecule has 0 amide bonds. The molecule has 1 heterocycles. The first kappa shape index (κ1) is 19.6. The normalized spacial score (nSPS) is 12.7. The minimum atomic E-state index is -1.31. The van der Waals surface area contributed by atoms with Crippen molar-refractivity contribution >= 4 is 15.9 Å². The molecule has 4 aromatic rings. The Morgan fingerprint density at radius 2 is 1.24 bits per heavy atom. The fourth-order valence-corrected chi connectivity index (χ4v) is 4.22. The van der Waals surface area contributed by atoms with Crippen LogP contribution in [0.25, 0.3) is 0 Å². The standard InChI is InChI=1S/C25H23BrN2O/c1-18-23(26)19(2)28(27-18)24(20-12-6-3-7-13-20)25(29,21-14-8-4-9-15-21)22-16-10-5-11-17-22/h3-17,24,29H,1-2H3/t24-/m1/s1. The molecule has 1 aromatic heterocycles. The highest BCUT2D eigenvalue weighted by Crippen LogP contribution is 2.44. The minimum Gasteiger partial charge on any atom is -0.378 e. The monoisotopic (exact) mass is 446 g/mol. The maximum absolute atomic E-state index is 12.5. The molecule has 146 valence electrons. The maximum Gasteiger partial charge on any atom is 0.141 e. The molecule has 4 rings (SSSR count). The van der Waals surface area contributed by atoms with E-state index < -0.39 is 11.6 Å². The predicted molar refractivity (Wildman–Crippen MR) is 120 cm³/mol. The number of hydrogen-bond acceptors (Lipinski definition) is 2. The van der Waals surface area contributed by atoms with E-state index in [0.29, 0.717) is 0 Å². The van der Waals surface area contributed by atoms with Crippen LogP contribution in [-0.2, 0) is 5.60 Å². The fraction of sp³-hybridized carbons (Fsp3) is 0.160. The third-order valence-corrected chi connectivity index (χ3v) is 6.57. The van der Waals surface area contributed by atoms with Crippen molar-refractivity contribution in [1.29, 1.82) is 0 Å². The number of aromatic nitrogens is 2. The first-order valence-electron chi connectivity index (χ1n) is 9.63. The Kier molecular flexibility index (Phi) is 5.39. The van der Waals surface area contributed by atoms with E-state index in [-0.39, 0.29) is 0 Å². The van der Waals surface area contributed by atoms with Gasteiger partial charge in [0.25, 0.3) is 0 Å². The molecule has 0 fully saturated rings. The number of hydrogen-bond donors (Lipinski definition) is 1. The SMILES string of the molecule is Cc1nn([C@H](c2ccccc2)C(O)(c2ccccc2)c2ccccc2)c(C)c1Br. The van der Waals surface area contributed by atoms with Gasteiger partial charge in [-0.3, -0.25) is 4.68 Å². The number of halogens is 1. The number of benzene rings is 3. The number of rotatable bonds is 5. The average Bonchev–Trinajstić information content (AvgIpc) is 3.03. The second-order valence-electron chi connectivity index (χ2n) is 7.24. The molecule has 0 bridgehead atoms. The lowest BCUT2D eigenvalue weighted by Gasteiger charge is -2.38. The van der Waals surface area contributed by atoms with Crippen molar-refractivity contribution in [2.24, 2.45) is 0 Å². The zero-order valence-electron chi connectivity index (χ0n) is 16.5. The van der Waals surface area contributed by atoms with Crippen molar-refractivity contribution < 1.29 is 5.11 Å². The molecule has 1 atom stereocenters. The Labute approximate surface area is 179 Å². The molecule has 0 unspecified atom stereocenters. The first-order valence-corrected chi connectivity index (χ1v) is 10.4. The summed E-state index contributed by atoms with van der Waals surface area (Å²) >= 11 is 3.66. The van der Waals surface area contributed by atoms with E-state index in [1.54, 1.807) is 0 Å². The van der Waals surface area contributed by atoms with Crippen LogP contribution in [0.5, 0.6) is 0 Å². The van der Waals surface area contributed by atoms with Crippen LogP contribution in [0.3, 0.4) is 0 Å². The van der Waals surface area contributed by atoms with Gasteiger partial charge in [0.15, 0.2) is 0 Å². The van der Waals surface area contributed by atoms with Crippen LogP contribution in [0.1, 0.15) is 34.1 Å². The van der Waals surface area contributed by atoms with Gasteiger partial charge in [0, 0.05) is 0 Å². The predicted octanol–water partition coefficient (Wildman–Crippen LogP) is 5.79. The summed E-state index contributed by atoms with van der Waals surface area (Å²) in [5, 5.41) is 17.3. The maximum atomic E-state index is 12.5. The summed E-state index contributed by atoms with van der Waals surface area (Å²) in [5.74, 6) is 0.